The van der Waals surface area contributed by atoms with Gasteiger partial charge in [0.1, 0.15) is 5.69 Å². The maximum atomic E-state index is 13.6. The molecule has 1 aromatic carbocycles. The Morgan fingerprint density at radius 1 is 1.35 bits per heavy atom. The number of rotatable bonds is 3. The number of halogens is 2. The summed E-state index contributed by atoms with van der Waals surface area (Å²) in [6, 6.07) is 4.16. The van der Waals surface area contributed by atoms with Gasteiger partial charge >= 0.3 is 11.6 Å². The van der Waals surface area contributed by atoms with Crippen molar-refractivity contribution in [1.29, 1.82) is 0 Å². The molecular weight excluding hydrogens is 289 g/mol. The van der Waals surface area contributed by atoms with Crippen molar-refractivity contribution < 1.29 is 14.1 Å². The topological polar surface area (TPSA) is 78.2 Å². The minimum absolute atomic E-state index is 0.0399. The van der Waals surface area contributed by atoms with Gasteiger partial charge in [0.25, 0.3) is 0 Å². The largest absolute Gasteiger partial charge is 0.430 e. The number of aryl methyl sites for hydroxylation is 2. The van der Waals surface area contributed by atoms with Crippen molar-refractivity contribution in [3.63, 3.8) is 0 Å². The van der Waals surface area contributed by atoms with E-state index in [1.165, 1.54) is 19.1 Å². The maximum Gasteiger partial charge on any atom is 0.352 e. The molecule has 0 unspecified atom stereocenters. The summed E-state index contributed by atoms with van der Waals surface area (Å²) >= 11 is 5.65. The van der Waals surface area contributed by atoms with Gasteiger partial charge in [-0.25, -0.2) is 9.37 Å². The van der Waals surface area contributed by atoms with E-state index < -0.39 is 22.3 Å². The normalized spacial score (nSPS) is 10.4. The Bertz CT molecular complexity index is 694. The first kappa shape index (κ1) is 14.1. The Hall–Kier alpha value is -2.28. The van der Waals surface area contributed by atoms with E-state index >= 15 is 0 Å². The van der Waals surface area contributed by atoms with Crippen LogP contribution in [0, 0.1) is 29.8 Å². The lowest BCUT2D eigenvalue weighted by atomic mass is 10.2. The Balaban J connectivity index is 2.53. The first-order valence-electron chi connectivity index (χ1n) is 5.51. The lowest BCUT2D eigenvalue weighted by Gasteiger charge is -2.08. The van der Waals surface area contributed by atoms with Crippen LogP contribution in [0.3, 0.4) is 0 Å². The molecule has 1 aromatic heterocycles. The third kappa shape index (κ3) is 2.83. The van der Waals surface area contributed by atoms with Crippen molar-refractivity contribution in [3.8, 4) is 11.6 Å². The second-order valence-corrected chi connectivity index (χ2v) is 4.36. The molecule has 0 aliphatic carbocycles. The number of benzene rings is 1. The fourth-order valence-electron chi connectivity index (χ4n) is 1.58. The van der Waals surface area contributed by atoms with Crippen LogP contribution in [0.1, 0.15) is 11.3 Å². The number of hydrogen-bond acceptors (Lipinski definition) is 5. The van der Waals surface area contributed by atoms with Crippen LogP contribution < -0.4 is 4.74 Å². The van der Waals surface area contributed by atoms with E-state index in [1.807, 2.05) is 0 Å². The Morgan fingerprint density at radius 3 is 2.70 bits per heavy atom. The first-order chi connectivity index (χ1) is 9.38. The minimum Gasteiger partial charge on any atom is -0.430 e. The predicted molar refractivity (Wildman–Crippen MR) is 69.6 cm³/mol. The zero-order valence-corrected chi connectivity index (χ0v) is 11.3. The highest BCUT2D eigenvalue weighted by molar-refractivity contribution is 6.28. The molecule has 104 valence electrons. The number of nitro groups is 1. The lowest BCUT2D eigenvalue weighted by molar-refractivity contribution is -0.386. The van der Waals surface area contributed by atoms with Crippen molar-refractivity contribution in [3.05, 3.63) is 50.7 Å². The average molecular weight is 298 g/mol. The lowest BCUT2D eigenvalue weighted by Crippen LogP contribution is -2.02. The summed E-state index contributed by atoms with van der Waals surface area (Å²) in [4.78, 5) is 17.6. The standard InChI is InChI=1S/C12H9ClFN3O3/c1-6-3-4-8(14)9(5-6)20-11-10(17(18)19)7(2)15-12(13)16-11/h3-5H,1-2H3. The van der Waals surface area contributed by atoms with Gasteiger partial charge in [-0.2, -0.15) is 4.98 Å². The van der Waals surface area contributed by atoms with Gasteiger partial charge < -0.3 is 4.74 Å². The van der Waals surface area contributed by atoms with Gasteiger partial charge in [-0.15, -0.1) is 0 Å². The van der Waals surface area contributed by atoms with Crippen molar-refractivity contribution in [1.82, 2.24) is 9.97 Å². The third-order valence-corrected chi connectivity index (χ3v) is 2.64. The molecule has 2 rings (SSSR count). The molecule has 0 fully saturated rings. The van der Waals surface area contributed by atoms with Crippen LogP contribution in [-0.2, 0) is 0 Å². The van der Waals surface area contributed by atoms with Gasteiger partial charge in [0.05, 0.1) is 4.92 Å². The number of nitrogens with zero attached hydrogens (tertiary/aromatic N) is 3. The predicted octanol–water partition coefficient (Wildman–Crippen LogP) is 3.59. The molecule has 0 atom stereocenters. The van der Waals surface area contributed by atoms with Gasteiger partial charge in [-0.05, 0) is 43.1 Å². The molecule has 1 heterocycles. The van der Waals surface area contributed by atoms with Gasteiger partial charge in [0.2, 0.25) is 5.28 Å². The molecule has 8 heteroatoms. The SMILES string of the molecule is Cc1ccc(F)c(Oc2nc(Cl)nc(C)c2[N+](=O)[O-])c1. The fourth-order valence-corrected chi connectivity index (χ4v) is 1.79. The average Bonchev–Trinajstić information content (AvgIpc) is 2.32. The van der Waals surface area contributed by atoms with Gasteiger partial charge in [0, 0.05) is 0 Å². The molecule has 0 radical (unpaired) electrons. The van der Waals surface area contributed by atoms with E-state index in [2.05, 4.69) is 9.97 Å². The van der Waals surface area contributed by atoms with Crippen LogP contribution in [0.25, 0.3) is 0 Å². The molecule has 0 aliphatic rings. The zero-order valence-electron chi connectivity index (χ0n) is 10.6. The summed E-state index contributed by atoms with van der Waals surface area (Å²) in [5, 5.41) is 10.8. The highest BCUT2D eigenvalue weighted by Gasteiger charge is 2.24. The summed E-state index contributed by atoms with van der Waals surface area (Å²) in [5.41, 5.74) is 0.328. The van der Waals surface area contributed by atoms with Crippen LogP contribution in [0.2, 0.25) is 5.28 Å². The molecule has 0 amide bonds. The quantitative estimate of drug-likeness (QED) is 0.491. The summed E-state index contributed by atoms with van der Waals surface area (Å²) in [6.07, 6.45) is 0. The van der Waals surface area contributed by atoms with E-state index in [4.69, 9.17) is 16.3 Å². The van der Waals surface area contributed by atoms with Crippen molar-refractivity contribution in [2.24, 2.45) is 0 Å². The molecule has 0 N–H and O–H groups in total. The fraction of sp³-hybridized carbons (Fsp3) is 0.167. The van der Waals surface area contributed by atoms with Crippen LogP contribution in [-0.4, -0.2) is 14.9 Å². The molecular formula is C12H9ClFN3O3. The van der Waals surface area contributed by atoms with Crippen LogP contribution >= 0.6 is 11.6 Å². The third-order valence-electron chi connectivity index (χ3n) is 2.47. The second kappa shape index (κ2) is 5.38. The van der Waals surface area contributed by atoms with Gasteiger partial charge in [0.15, 0.2) is 11.6 Å². The monoisotopic (exact) mass is 297 g/mol. The van der Waals surface area contributed by atoms with Gasteiger partial charge in [-0.3, -0.25) is 10.1 Å². The van der Waals surface area contributed by atoms with Crippen molar-refractivity contribution in [2.75, 3.05) is 0 Å². The zero-order chi connectivity index (χ0) is 14.9. The van der Waals surface area contributed by atoms with E-state index in [9.17, 15) is 14.5 Å². The van der Waals surface area contributed by atoms with Crippen molar-refractivity contribution >= 4 is 17.3 Å². The summed E-state index contributed by atoms with van der Waals surface area (Å²) in [5.74, 6) is -1.21. The number of ether oxygens (including phenoxy) is 1. The van der Waals surface area contributed by atoms with E-state index in [0.29, 0.717) is 0 Å². The minimum atomic E-state index is -0.700. The molecule has 20 heavy (non-hydrogen) atoms. The summed E-state index contributed by atoms with van der Waals surface area (Å²) < 4.78 is 18.8. The Kier molecular flexibility index (Phi) is 3.80. The Morgan fingerprint density at radius 2 is 2.05 bits per heavy atom. The molecule has 0 saturated carbocycles. The smallest absolute Gasteiger partial charge is 0.352 e. The number of hydrogen-bond donors (Lipinski definition) is 0. The molecule has 0 spiro atoms. The highest BCUT2D eigenvalue weighted by atomic mass is 35.5. The summed E-state index contributed by atoms with van der Waals surface area (Å²) in [6.45, 7) is 3.13. The molecule has 6 nitrogen and oxygen atoms in total. The van der Waals surface area contributed by atoms with E-state index in [-0.39, 0.29) is 16.7 Å². The van der Waals surface area contributed by atoms with E-state index in [1.54, 1.807) is 13.0 Å². The van der Waals surface area contributed by atoms with Crippen LogP contribution in [0.5, 0.6) is 11.6 Å². The Labute approximate surface area is 118 Å². The molecule has 2 aromatic rings. The van der Waals surface area contributed by atoms with Crippen molar-refractivity contribution in [2.45, 2.75) is 13.8 Å². The van der Waals surface area contributed by atoms with E-state index in [0.717, 1.165) is 5.56 Å². The second-order valence-electron chi connectivity index (χ2n) is 4.02. The molecule has 0 aliphatic heterocycles. The molecule has 0 saturated heterocycles. The number of aromatic nitrogens is 2. The summed E-state index contributed by atoms with van der Waals surface area (Å²) in [7, 11) is 0. The van der Waals surface area contributed by atoms with Crippen LogP contribution in [0.4, 0.5) is 10.1 Å². The molecule has 0 bridgehead atoms. The maximum absolute atomic E-state index is 13.6. The highest BCUT2D eigenvalue weighted by Crippen LogP contribution is 2.33. The van der Waals surface area contributed by atoms with Gasteiger partial charge in [-0.1, -0.05) is 6.07 Å². The first-order valence-corrected chi connectivity index (χ1v) is 5.89. The van der Waals surface area contributed by atoms with Crippen LogP contribution in [0.15, 0.2) is 18.2 Å².